The molecule has 0 unspecified atom stereocenters. The van der Waals surface area contributed by atoms with Gasteiger partial charge in [-0.2, -0.15) is 0 Å². The predicted octanol–water partition coefficient (Wildman–Crippen LogP) is 4.74. The summed E-state index contributed by atoms with van der Waals surface area (Å²) in [5, 5.41) is 11.4. The predicted molar refractivity (Wildman–Crippen MR) is 115 cm³/mol. The standard InChI is InChI=1S/C23H18N2O7/c1-3-30-23(27)20-17-12-16(31-22(26)18-11-15(25(28)29)13-24(18)2)9-10-19(17)32-21(20)14-7-5-4-6-8-14/h4-13H,3H2,1-2H3. The number of hydrogen-bond donors (Lipinski definition) is 0. The molecule has 9 heteroatoms. The highest BCUT2D eigenvalue weighted by Crippen LogP contribution is 2.36. The van der Waals surface area contributed by atoms with Crippen LogP contribution in [0.25, 0.3) is 22.3 Å². The summed E-state index contributed by atoms with van der Waals surface area (Å²) in [7, 11) is 1.51. The van der Waals surface area contributed by atoms with Gasteiger partial charge >= 0.3 is 11.9 Å². The number of fused-ring (bicyclic) bond motifs is 1. The topological polar surface area (TPSA) is 114 Å². The highest BCUT2D eigenvalue weighted by Gasteiger charge is 2.25. The van der Waals surface area contributed by atoms with Crippen molar-refractivity contribution in [3.8, 4) is 17.1 Å². The number of hydrogen-bond acceptors (Lipinski definition) is 7. The SMILES string of the molecule is CCOC(=O)c1c(-c2ccccc2)oc2ccc(OC(=O)c3cc([N+](=O)[O-])cn3C)cc12. The van der Waals surface area contributed by atoms with E-state index in [1.54, 1.807) is 13.0 Å². The fourth-order valence-corrected chi connectivity index (χ4v) is 3.35. The molecule has 2 heterocycles. The lowest BCUT2D eigenvalue weighted by Gasteiger charge is -2.06. The third kappa shape index (κ3) is 3.83. The lowest BCUT2D eigenvalue weighted by atomic mass is 10.1. The van der Waals surface area contributed by atoms with Crippen LogP contribution >= 0.6 is 0 Å². The van der Waals surface area contributed by atoms with Crippen LogP contribution in [0.1, 0.15) is 27.8 Å². The highest BCUT2D eigenvalue weighted by atomic mass is 16.6. The van der Waals surface area contributed by atoms with E-state index in [1.807, 2.05) is 30.3 Å². The van der Waals surface area contributed by atoms with Crippen LogP contribution in [-0.4, -0.2) is 28.0 Å². The summed E-state index contributed by atoms with van der Waals surface area (Å²) in [5.41, 5.74) is 1.13. The van der Waals surface area contributed by atoms with Crippen LogP contribution in [0.4, 0.5) is 5.69 Å². The maximum atomic E-state index is 12.7. The van der Waals surface area contributed by atoms with E-state index in [0.29, 0.717) is 22.3 Å². The maximum Gasteiger partial charge on any atom is 0.360 e. The van der Waals surface area contributed by atoms with E-state index in [0.717, 1.165) is 6.07 Å². The Morgan fingerprint density at radius 1 is 1.09 bits per heavy atom. The zero-order valence-corrected chi connectivity index (χ0v) is 17.2. The molecule has 0 saturated heterocycles. The van der Waals surface area contributed by atoms with Gasteiger partial charge in [0, 0.05) is 24.1 Å². The molecule has 0 aliphatic heterocycles. The molecule has 0 spiro atoms. The van der Waals surface area contributed by atoms with E-state index >= 15 is 0 Å². The number of benzene rings is 2. The quantitative estimate of drug-likeness (QED) is 0.186. The Bertz CT molecular complexity index is 1340. The minimum Gasteiger partial charge on any atom is -0.462 e. The summed E-state index contributed by atoms with van der Waals surface area (Å²) in [6, 6.07) is 14.9. The molecular weight excluding hydrogens is 416 g/mol. The van der Waals surface area contributed by atoms with Crippen molar-refractivity contribution in [2.45, 2.75) is 6.92 Å². The van der Waals surface area contributed by atoms with E-state index in [-0.39, 0.29) is 29.3 Å². The van der Waals surface area contributed by atoms with Crippen LogP contribution < -0.4 is 4.74 Å². The fraction of sp³-hybridized carbons (Fsp3) is 0.130. The van der Waals surface area contributed by atoms with Crippen molar-refractivity contribution in [1.82, 2.24) is 4.57 Å². The molecule has 0 atom stereocenters. The van der Waals surface area contributed by atoms with E-state index in [1.165, 1.54) is 29.9 Å². The van der Waals surface area contributed by atoms with Crippen molar-refractivity contribution in [2.75, 3.05) is 6.61 Å². The summed E-state index contributed by atoms with van der Waals surface area (Å²) in [4.78, 5) is 35.7. The molecule has 0 amide bonds. The molecule has 162 valence electrons. The van der Waals surface area contributed by atoms with Crippen LogP contribution in [0.3, 0.4) is 0 Å². The minimum absolute atomic E-state index is 0.0135. The molecule has 0 N–H and O–H groups in total. The number of furan rings is 1. The van der Waals surface area contributed by atoms with Gasteiger partial charge < -0.3 is 18.5 Å². The van der Waals surface area contributed by atoms with Crippen LogP contribution in [0.5, 0.6) is 5.75 Å². The number of nitro groups is 1. The third-order valence-electron chi connectivity index (χ3n) is 4.80. The zero-order valence-electron chi connectivity index (χ0n) is 17.2. The number of ether oxygens (including phenoxy) is 2. The number of carbonyl (C=O) groups excluding carboxylic acids is 2. The highest BCUT2D eigenvalue weighted by molar-refractivity contribution is 6.09. The average molecular weight is 434 g/mol. The second-order valence-electron chi connectivity index (χ2n) is 6.89. The molecular formula is C23H18N2O7. The first-order valence-electron chi connectivity index (χ1n) is 9.71. The van der Waals surface area contributed by atoms with Gasteiger partial charge in [-0.3, -0.25) is 10.1 Å². The van der Waals surface area contributed by atoms with Gasteiger partial charge in [0.15, 0.2) is 0 Å². The molecule has 0 bridgehead atoms. The summed E-state index contributed by atoms with van der Waals surface area (Å²) >= 11 is 0. The van der Waals surface area contributed by atoms with Gasteiger partial charge in [0.05, 0.1) is 17.7 Å². The second kappa shape index (κ2) is 8.38. The molecule has 0 aliphatic carbocycles. The first-order chi connectivity index (χ1) is 15.4. The molecule has 0 aliphatic rings. The lowest BCUT2D eigenvalue weighted by molar-refractivity contribution is -0.384. The van der Waals surface area contributed by atoms with Gasteiger partial charge in [0.25, 0.3) is 5.69 Å². The van der Waals surface area contributed by atoms with E-state index < -0.39 is 16.9 Å². The van der Waals surface area contributed by atoms with Crippen molar-refractivity contribution < 1.29 is 28.4 Å². The Morgan fingerprint density at radius 2 is 1.84 bits per heavy atom. The van der Waals surface area contributed by atoms with Crippen LogP contribution in [0, 0.1) is 10.1 Å². The monoisotopic (exact) mass is 434 g/mol. The molecule has 4 rings (SSSR count). The van der Waals surface area contributed by atoms with Crippen LogP contribution in [-0.2, 0) is 11.8 Å². The van der Waals surface area contributed by atoms with Gasteiger partial charge in [-0.05, 0) is 25.1 Å². The summed E-state index contributed by atoms with van der Waals surface area (Å²) < 4.78 is 17.9. The maximum absolute atomic E-state index is 12.7. The van der Waals surface area contributed by atoms with E-state index in [4.69, 9.17) is 13.9 Å². The zero-order chi connectivity index (χ0) is 22.8. The van der Waals surface area contributed by atoms with Crippen LogP contribution in [0.2, 0.25) is 0 Å². The van der Waals surface area contributed by atoms with Gasteiger partial charge in [-0.25, -0.2) is 9.59 Å². The summed E-state index contributed by atoms with van der Waals surface area (Å²) in [5.74, 6) is -0.839. The smallest absolute Gasteiger partial charge is 0.360 e. The van der Waals surface area contributed by atoms with Gasteiger partial charge in [-0.15, -0.1) is 0 Å². The van der Waals surface area contributed by atoms with Crippen molar-refractivity contribution >= 4 is 28.6 Å². The van der Waals surface area contributed by atoms with Crippen molar-refractivity contribution in [3.63, 3.8) is 0 Å². The fourth-order valence-electron chi connectivity index (χ4n) is 3.35. The van der Waals surface area contributed by atoms with Gasteiger partial charge in [0.2, 0.25) is 0 Å². The number of aromatic nitrogens is 1. The summed E-state index contributed by atoms with van der Waals surface area (Å²) in [6.45, 7) is 1.88. The first kappa shape index (κ1) is 20.9. The second-order valence-corrected chi connectivity index (χ2v) is 6.89. The van der Waals surface area contributed by atoms with Crippen LogP contribution in [0.15, 0.2) is 65.2 Å². The normalized spacial score (nSPS) is 10.8. The Balaban J connectivity index is 1.75. The Hall–Kier alpha value is -4.40. The Morgan fingerprint density at radius 3 is 2.50 bits per heavy atom. The number of carbonyl (C=O) groups is 2. The average Bonchev–Trinajstić information content (AvgIpc) is 3.35. The Kier molecular flexibility index (Phi) is 5.46. The van der Waals surface area contributed by atoms with Gasteiger partial charge in [0.1, 0.15) is 28.4 Å². The van der Waals surface area contributed by atoms with E-state index in [2.05, 4.69) is 0 Å². The Labute approximate surface area is 181 Å². The summed E-state index contributed by atoms with van der Waals surface area (Å²) in [6.07, 6.45) is 1.22. The first-order valence-corrected chi connectivity index (χ1v) is 9.71. The molecule has 32 heavy (non-hydrogen) atoms. The number of rotatable bonds is 6. The van der Waals surface area contributed by atoms with Crippen molar-refractivity contribution in [2.24, 2.45) is 7.05 Å². The molecule has 2 aromatic heterocycles. The number of esters is 2. The van der Waals surface area contributed by atoms with Crippen molar-refractivity contribution in [3.05, 3.63) is 82.2 Å². The van der Waals surface area contributed by atoms with Crippen molar-refractivity contribution in [1.29, 1.82) is 0 Å². The third-order valence-corrected chi connectivity index (χ3v) is 4.80. The molecule has 2 aromatic carbocycles. The molecule has 4 aromatic rings. The number of nitrogens with zero attached hydrogens (tertiary/aromatic N) is 2. The van der Waals surface area contributed by atoms with Gasteiger partial charge in [-0.1, -0.05) is 30.3 Å². The molecule has 0 saturated carbocycles. The minimum atomic E-state index is -0.774. The molecule has 0 radical (unpaired) electrons. The van der Waals surface area contributed by atoms with E-state index in [9.17, 15) is 19.7 Å². The molecule has 9 nitrogen and oxygen atoms in total. The number of aryl methyl sites for hydroxylation is 1. The molecule has 0 fully saturated rings. The largest absolute Gasteiger partial charge is 0.462 e. The lowest BCUT2D eigenvalue weighted by Crippen LogP contribution is -2.12.